The van der Waals surface area contributed by atoms with Gasteiger partial charge in [-0.25, -0.2) is 8.42 Å². The fourth-order valence-corrected chi connectivity index (χ4v) is 5.63. The van der Waals surface area contributed by atoms with E-state index >= 15 is 0 Å². The molecule has 2 aromatic carbocycles. The second-order valence-electron chi connectivity index (χ2n) is 7.66. The van der Waals surface area contributed by atoms with Crippen LogP contribution in [0.2, 0.25) is 5.02 Å². The van der Waals surface area contributed by atoms with Gasteiger partial charge < -0.3 is 5.32 Å². The molecule has 2 aromatic rings. The smallest absolute Gasteiger partial charge is 0.243 e. The largest absolute Gasteiger partial charge is 0.354 e. The Hall–Kier alpha value is -2.42. The standard InChI is InChI=1S/C23H28ClN3O4S/c1-4-26(5-2)32(30,31)20-10-11-21-18(14-20)15-22(27(21)16(3)28)23(29)25-13-12-17-6-8-19(24)9-7-17/h6-11,14,22H,4-5,12-13,15H2,1-3H3,(H,25,29)/t22-/m0/s1. The number of nitrogens with zero attached hydrogens (tertiary/aromatic N) is 2. The van der Waals surface area contributed by atoms with E-state index in [-0.39, 0.29) is 23.1 Å². The van der Waals surface area contributed by atoms with Crippen molar-refractivity contribution in [2.75, 3.05) is 24.5 Å². The predicted octanol–water partition coefficient (Wildman–Crippen LogP) is 3.01. The molecule has 0 saturated carbocycles. The zero-order chi connectivity index (χ0) is 23.5. The van der Waals surface area contributed by atoms with Crippen LogP contribution >= 0.6 is 11.6 Å². The maximum Gasteiger partial charge on any atom is 0.243 e. The minimum Gasteiger partial charge on any atom is -0.354 e. The second-order valence-corrected chi connectivity index (χ2v) is 10.0. The van der Waals surface area contributed by atoms with Gasteiger partial charge in [0.1, 0.15) is 6.04 Å². The molecule has 0 spiro atoms. The molecule has 0 unspecified atom stereocenters. The van der Waals surface area contributed by atoms with Gasteiger partial charge in [0, 0.05) is 43.7 Å². The van der Waals surface area contributed by atoms with Crippen LogP contribution in [0.4, 0.5) is 5.69 Å². The molecule has 0 saturated heterocycles. The first-order valence-electron chi connectivity index (χ1n) is 10.6. The molecule has 9 heteroatoms. The van der Waals surface area contributed by atoms with Crippen molar-refractivity contribution in [3.63, 3.8) is 0 Å². The Morgan fingerprint density at radius 3 is 2.38 bits per heavy atom. The van der Waals surface area contributed by atoms with Crippen LogP contribution in [0.25, 0.3) is 0 Å². The van der Waals surface area contributed by atoms with Gasteiger partial charge in [-0.15, -0.1) is 0 Å². The molecule has 0 bridgehead atoms. The Balaban J connectivity index is 1.76. The van der Waals surface area contributed by atoms with Crippen molar-refractivity contribution < 1.29 is 18.0 Å². The van der Waals surface area contributed by atoms with Crippen molar-refractivity contribution in [1.82, 2.24) is 9.62 Å². The molecular weight excluding hydrogens is 450 g/mol. The molecule has 172 valence electrons. The van der Waals surface area contributed by atoms with E-state index in [9.17, 15) is 18.0 Å². The zero-order valence-electron chi connectivity index (χ0n) is 18.5. The Labute approximate surface area is 194 Å². The van der Waals surface area contributed by atoms with Gasteiger partial charge in [0.15, 0.2) is 0 Å². The number of anilines is 1. The number of hydrogen-bond donors (Lipinski definition) is 1. The third-order valence-corrected chi connectivity index (χ3v) is 7.94. The monoisotopic (exact) mass is 477 g/mol. The number of rotatable bonds is 8. The van der Waals surface area contributed by atoms with Crippen LogP contribution in [0.3, 0.4) is 0 Å². The molecule has 1 aliphatic heterocycles. The summed E-state index contributed by atoms with van der Waals surface area (Å²) in [6.07, 6.45) is 0.901. The van der Waals surface area contributed by atoms with Crippen molar-refractivity contribution in [2.24, 2.45) is 0 Å². The number of amides is 2. The normalized spacial score (nSPS) is 15.7. The summed E-state index contributed by atoms with van der Waals surface area (Å²) in [5, 5.41) is 3.55. The molecule has 1 heterocycles. The summed E-state index contributed by atoms with van der Waals surface area (Å²) in [6, 6.07) is 11.4. The number of halogens is 1. The Kier molecular flexibility index (Phi) is 7.59. The van der Waals surface area contributed by atoms with Crippen LogP contribution in [0.1, 0.15) is 31.9 Å². The van der Waals surface area contributed by atoms with Crippen LogP contribution in [0, 0.1) is 0 Å². The lowest BCUT2D eigenvalue weighted by Crippen LogP contribution is -2.47. The zero-order valence-corrected chi connectivity index (χ0v) is 20.0. The van der Waals surface area contributed by atoms with Crippen molar-refractivity contribution >= 4 is 39.1 Å². The lowest BCUT2D eigenvalue weighted by Gasteiger charge is -2.23. The minimum absolute atomic E-state index is 0.173. The first-order valence-corrected chi connectivity index (χ1v) is 12.5. The van der Waals surface area contributed by atoms with Gasteiger partial charge in [0.2, 0.25) is 21.8 Å². The summed E-state index contributed by atoms with van der Waals surface area (Å²) in [7, 11) is -3.63. The topological polar surface area (TPSA) is 86.8 Å². The Morgan fingerprint density at radius 2 is 1.78 bits per heavy atom. The Bertz CT molecular complexity index is 1100. The van der Waals surface area contributed by atoms with E-state index in [0.717, 1.165) is 5.56 Å². The van der Waals surface area contributed by atoms with Gasteiger partial charge in [-0.1, -0.05) is 37.6 Å². The molecule has 1 atom stereocenters. The molecule has 0 aromatic heterocycles. The maximum absolute atomic E-state index is 12.9. The van der Waals surface area contributed by atoms with Gasteiger partial charge in [0.05, 0.1) is 4.90 Å². The van der Waals surface area contributed by atoms with Crippen LogP contribution < -0.4 is 10.2 Å². The quantitative estimate of drug-likeness (QED) is 0.633. The molecule has 7 nitrogen and oxygen atoms in total. The van der Waals surface area contributed by atoms with E-state index < -0.39 is 16.1 Å². The third kappa shape index (κ3) is 4.98. The van der Waals surface area contributed by atoms with E-state index in [0.29, 0.717) is 42.3 Å². The molecule has 0 fully saturated rings. The summed E-state index contributed by atoms with van der Waals surface area (Å²) < 4.78 is 27.1. The number of fused-ring (bicyclic) bond motifs is 1. The summed E-state index contributed by atoms with van der Waals surface area (Å²) in [4.78, 5) is 26.9. The van der Waals surface area contributed by atoms with Crippen LogP contribution in [-0.4, -0.2) is 50.2 Å². The lowest BCUT2D eigenvalue weighted by atomic mass is 10.1. The molecule has 32 heavy (non-hydrogen) atoms. The predicted molar refractivity (Wildman–Crippen MR) is 125 cm³/mol. The highest BCUT2D eigenvalue weighted by Crippen LogP contribution is 2.34. The molecular formula is C23H28ClN3O4S. The fourth-order valence-electron chi connectivity index (χ4n) is 4.00. The number of carbonyl (C=O) groups is 2. The summed E-state index contributed by atoms with van der Waals surface area (Å²) >= 11 is 5.90. The highest BCUT2D eigenvalue weighted by molar-refractivity contribution is 7.89. The highest BCUT2D eigenvalue weighted by atomic mass is 35.5. The van der Waals surface area contributed by atoms with Gasteiger partial charge >= 0.3 is 0 Å². The molecule has 3 rings (SSSR count). The number of nitrogens with one attached hydrogen (secondary N) is 1. The number of carbonyl (C=O) groups excluding carboxylic acids is 2. The molecule has 2 amide bonds. The third-order valence-electron chi connectivity index (χ3n) is 5.65. The molecule has 1 aliphatic rings. The van der Waals surface area contributed by atoms with Crippen molar-refractivity contribution in [1.29, 1.82) is 0 Å². The SMILES string of the molecule is CCN(CC)S(=O)(=O)c1ccc2c(c1)C[C@@H](C(=O)NCCc1ccc(Cl)cc1)N2C(C)=O. The van der Waals surface area contributed by atoms with Crippen molar-refractivity contribution in [2.45, 2.75) is 44.6 Å². The lowest BCUT2D eigenvalue weighted by molar-refractivity contribution is -0.125. The van der Waals surface area contributed by atoms with Gasteiger partial charge in [0.25, 0.3) is 0 Å². The molecule has 1 N–H and O–H groups in total. The maximum atomic E-state index is 12.9. The Morgan fingerprint density at radius 1 is 1.12 bits per heavy atom. The average Bonchev–Trinajstić information content (AvgIpc) is 3.15. The highest BCUT2D eigenvalue weighted by Gasteiger charge is 2.37. The average molecular weight is 478 g/mol. The minimum atomic E-state index is -3.63. The summed E-state index contributed by atoms with van der Waals surface area (Å²) in [5.41, 5.74) is 2.29. The van der Waals surface area contributed by atoms with Gasteiger partial charge in [-0.3, -0.25) is 14.5 Å². The number of sulfonamides is 1. The summed E-state index contributed by atoms with van der Waals surface area (Å²) in [5.74, 6) is -0.528. The van der Waals surface area contributed by atoms with Gasteiger partial charge in [-0.2, -0.15) is 4.31 Å². The van der Waals surface area contributed by atoms with E-state index in [1.807, 2.05) is 12.1 Å². The number of hydrogen-bond acceptors (Lipinski definition) is 4. The van der Waals surface area contributed by atoms with Crippen LogP contribution in [0.5, 0.6) is 0 Å². The van der Waals surface area contributed by atoms with Crippen molar-refractivity contribution in [3.05, 3.63) is 58.6 Å². The second kappa shape index (κ2) is 10.0. The van der Waals surface area contributed by atoms with Crippen LogP contribution in [-0.2, 0) is 32.5 Å². The van der Waals surface area contributed by atoms with E-state index in [1.54, 1.807) is 38.1 Å². The first-order chi connectivity index (χ1) is 15.2. The van der Waals surface area contributed by atoms with Crippen molar-refractivity contribution in [3.8, 4) is 0 Å². The molecule has 0 aliphatic carbocycles. The van der Waals surface area contributed by atoms with Crippen LogP contribution in [0.15, 0.2) is 47.4 Å². The van der Waals surface area contributed by atoms with E-state index in [1.165, 1.54) is 22.2 Å². The van der Waals surface area contributed by atoms with E-state index in [4.69, 9.17) is 11.6 Å². The van der Waals surface area contributed by atoms with Gasteiger partial charge in [-0.05, 0) is 47.9 Å². The molecule has 0 radical (unpaired) electrons. The van der Waals surface area contributed by atoms with E-state index in [2.05, 4.69) is 5.32 Å². The number of benzene rings is 2. The first kappa shape index (κ1) is 24.2. The fraction of sp³-hybridized carbons (Fsp3) is 0.391. The summed E-state index contributed by atoms with van der Waals surface area (Å²) in [6.45, 7) is 6.14.